The number of carbonyl (C=O) groups is 2. The highest BCUT2D eigenvalue weighted by molar-refractivity contribution is 5.90. The van der Waals surface area contributed by atoms with E-state index in [-0.39, 0.29) is 6.61 Å². The van der Waals surface area contributed by atoms with Gasteiger partial charge >= 0.3 is 11.9 Å². The van der Waals surface area contributed by atoms with E-state index in [0.717, 1.165) is 0 Å². The molecule has 7 heteroatoms. The first-order valence-corrected chi connectivity index (χ1v) is 8.06. The Bertz CT molecular complexity index is 747. The van der Waals surface area contributed by atoms with Gasteiger partial charge in [-0.05, 0) is 24.3 Å². The molecule has 2 aromatic rings. The van der Waals surface area contributed by atoms with E-state index in [0.29, 0.717) is 11.1 Å². The Morgan fingerprint density at radius 3 is 2.00 bits per heavy atom. The lowest BCUT2D eigenvalue weighted by molar-refractivity contribution is -0.133. The quantitative estimate of drug-likeness (QED) is 0.773. The Morgan fingerprint density at radius 2 is 1.42 bits per heavy atom. The molecule has 7 nitrogen and oxygen atoms in total. The van der Waals surface area contributed by atoms with E-state index in [1.54, 1.807) is 60.7 Å². The second-order valence-corrected chi connectivity index (χ2v) is 5.76. The summed E-state index contributed by atoms with van der Waals surface area (Å²) in [6, 6.07) is 16.6. The Morgan fingerprint density at radius 1 is 0.885 bits per heavy atom. The van der Waals surface area contributed by atoms with Crippen molar-refractivity contribution in [3.05, 3.63) is 71.8 Å². The van der Waals surface area contributed by atoms with Crippen molar-refractivity contribution in [1.82, 2.24) is 0 Å². The van der Waals surface area contributed by atoms with E-state index in [4.69, 9.17) is 14.2 Å². The molecule has 4 atom stereocenters. The van der Waals surface area contributed by atoms with Gasteiger partial charge in [-0.25, -0.2) is 9.59 Å². The Kier molecular flexibility index (Phi) is 5.62. The SMILES string of the molecule is O=C(OCC1OC(O)C(O)C1OC(=O)c1ccccc1)c1ccccc1. The van der Waals surface area contributed by atoms with Gasteiger partial charge in [0.15, 0.2) is 12.4 Å². The molecule has 1 aliphatic heterocycles. The van der Waals surface area contributed by atoms with E-state index in [9.17, 15) is 19.8 Å². The average Bonchev–Trinajstić information content (AvgIpc) is 2.95. The molecule has 0 aromatic heterocycles. The molecule has 1 aliphatic rings. The number of ether oxygens (including phenoxy) is 3. The van der Waals surface area contributed by atoms with Crippen LogP contribution in [0.1, 0.15) is 20.7 Å². The van der Waals surface area contributed by atoms with E-state index in [1.807, 2.05) is 0 Å². The van der Waals surface area contributed by atoms with Crippen molar-refractivity contribution in [3.63, 3.8) is 0 Å². The van der Waals surface area contributed by atoms with Crippen molar-refractivity contribution in [3.8, 4) is 0 Å². The van der Waals surface area contributed by atoms with Crippen LogP contribution in [0, 0.1) is 0 Å². The summed E-state index contributed by atoms with van der Waals surface area (Å²) in [6.45, 7) is -0.283. The van der Waals surface area contributed by atoms with Gasteiger partial charge in [0.25, 0.3) is 0 Å². The van der Waals surface area contributed by atoms with E-state index < -0.39 is 36.5 Å². The third kappa shape index (κ3) is 4.08. The number of esters is 2. The van der Waals surface area contributed by atoms with Crippen LogP contribution in [-0.2, 0) is 14.2 Å². The largest absolute Gasteiger partial charge is 0.459 e. The Balaban J connectivity index is 1.63. The molecule has 3 rings (SSSR count). The summed E-state index contributed by atoms with van der Waals surface area (Å²) in [6.07, 6.45) is -5.13. The summed E-state index contributed by atoms with van der Waals surface area (Å²) in [5.41, 5.74) is 0.644. The lowest BCUT2D eigenvalue weighted by Gasteiger charge is -2.20. The van der Waals surface area contributed by atoms with Crippen LogP contribution in [0.15, 0.2) is 60.7 Å². The van der Waals surface area contributed by atoms with Crippen molar-refractivity contribution in [2.24, 2.45) is 0 Å². The second-order valence-electron chi connectivity index (χ2n) is 5.76. The van der Waals surface area contributed by atoms with Gasteiger partial charge in [0.2, 0.25) is 0 Å². The fourth-order valence-electron chi connectivity index (χ4n) is 2.58. The molecule has 4 unspecified atom stereocenters. The third-order valence-corrected chi connectivity index (χ3v) is 3.95. The van der Waals surface area contributed by atoms with Crippen LogP contribution < -0.4 is 0 Å². The van der Waals surface area contributed by atoms with Gasteiger partial charge in [-0.15, -0.1) is 0 Å². The van der Waals surface area contributed by atoms with Crippen molar-refractivity contribution in [2.45, 2.75) is 24.6 Å². The van der Waals surface area contributed by atoms with Crippen LogP contribution in [0.5, 0.6) is 0 Å². The van der Waals surface area contributed by atoms with E-state index in [2.05, 4.69) is 0 Å². The minimum Gasteiger partial charge on any atom is -0.459 e. The first-order chi connectivity index (χ1) is 12.6. The van der Waals surface area contributed by atoms with Crippen molar-refractivity contribution in [2.75, 3.05) is 6.61 Å². The zero-order valence-electron chi connectivity index (χ0n) is 13.7. The van der Waals surface area contributed by atoms with Gasteiger partial charge in [0.05, 0.1) is 11.1 Å². The molecule has 1 saturated heterocycles. The lowest BCUT2D eigenvalue weighted by Crippen LogP contribution is -2.39. The molecular weight excluding hydrogens is 340 g/mol. The van der Waals surface area contributed by atoms with Crippen molar-refractivity contribution >= 4 is 11.9 Å². The van der Waals surface area contributed by atoms with E-state index in [1.165, 1.54) is 0 Å². The molecule has 0 radical (unpaired) electrons. The minimum atomic E-state index is -1.54. The number of hydrogen-bond donors (Lipinski definition) is 2. The highest BCUT2D eigenvalue weighted by Crippen LogP contribution is 2.24. The van der Waals surface area contributed by atoms with Crippen LogP contribution in [0.3, 0.4) is 0 Å². The predicted octanol–water partition coefficient (Wildman–Crippen LogP) is 1.15. The van der Waals surface area contributed by atoms with Gasteiger partial charge in [-0.1, -0.05) is 36.4 Å². The maximum Gasteiger partial charge on any atom is 0.338 e. The van der Waals surface area contributed by atoms with Crippen LogP contribution >= 0.6 is 0 Å². The maximum atomic E-state index is 12.2. The molecular formula is C19H18O7. The van der Waals surface area contributed by atoms with Crippen LogP contribution in [0.25, 0.3) is 0 Å². The minimum absolute atomic E-state index is 0.283. The average molecular weight is 358 g/mol. The summed E-state index contributed by atoms with van der Waals surface area (Å²) >= 11 is 0. The molecule has 0 amide bonds. The molecule has 0 bridgehead atoms. The summed E-state index contributed by atoms with van der Waals surface area (Å²) < 4.78 is 15.6. The normalized spacial score (nSPS) is 24.8. The zero-order chi connectivity index (χ0) is 18.5. The fraction of sp³-hybridized carbons (Fsp3) is 0.263. The van der Waals surface area contributed by atoms with Crippen LogP contribution in [0.2, 0.25) is 0 Å². The summed E-state index contributed by atoms with van der Waals surface area (Å²) in [5.74, 6) is -1.26. The molecule has 136 valence electrons. The summed E-state index contributed by atoms with van der Waals surface area (Å²) in [4.78, 5) is 24.2. The second kappa shape index (κ2) is 8.09. The molecule has 0 saturated carbocycles. The molecule has 1 fully saturated rings. The number of hydrogen-bond acceptors (Lipinski definition) is 7. The molecule has 2 aromatic carbocycles. The van der Waals surface area contributed by atoms with Gasteiger partial charge in [0, 0.05) is 0 Å². The van der Waals surface area contributed by atoms with Gasteiger partial charge < -0.3 is 24.4 Å². The number of aliphatic hydroxyl groups excluding tert-OH is 2. The van der Waals surface area contributed by atoms with Crippen LogP contribution in [0.4, 0.5) is 0 Å². The Labute approximate surface area is 149 Å². The first kappa shape index (κ1) is 18.1. The standard InChI is InChI=1S/C19H18O7/c20-15-16(26-18(22)13-9-5-2-6-10-13)14(25-19(15)23)11-24-17(21)12-7-3-1-4-8-12/h1-10,14-16,19-20,23H,11H2. The number of benzene rings is 2. The zero-order valence-corrected chi connectivity index (χ0v) is 13.7. The van der Waals surface area contributed by atoms with Crippen molar-refractivity contribution in [1.29, 1.82) is 0 Å². The smallest absolute Gasteiger partial charge is 0.338 e. The highest BCUT2D eigenvalue weighted by Gasteiger charge is 2.46. The lowest BCUT2D eigenvalue weighted by atomic mass is 10.1. The van der Waals surface area contributed by atoms with Gasteiger partial charge in [-0.2, -0.15) is 0 Å². The number of aliphatic hydroxyl groups is 2. The molecule has 26 heavy (non-hydrogen) atoms. The van der Waals surface area contributed by atoms with Gasteiger partial charge in [0.1, 0.15) is 18.8 Å². The predicted molar refractivity (Wildman–Crippen MR) is 89.3 cm³/mol. The van der Waals surface area contributed by atoms with Gasteiger partial charge in [-0.3, -0.25) is 0 Å². The molecule has 0 aliphatic carbocycles. The van der Waals surface area contributed by atoms with Crippen molar-refractivity contribution < 1.29 is 34.0 Å². The first-order valence-electron chi connectivity index (χ1n) is 8.06. The summed E-state index contributed by atoms with van der Waals surface area (Å²) in [7, 11) is 0. The molecule has 0 spiro atoms. The maximum absolute atomic E-state index is 12.2. The molecule has 2 N–H and O–H groups in total. The number of carbonyl (C=O) groups excluding carboxylic acids is 2. The van der Waals surface area contributed by atoms with Crippen LogP contribution in [-0.4, -0.2) is 53.4 Å². The Hall–Kier alpha value is -2.74. The van der Waals surface area contributed by atoms with E-state index >= 15 is 0 Å². The molecule has 1 heterocycles. The highest BCUT2D eigenvalue weighted by atomic mass is 16.7. The monoisotopic (exact) mass is 358 g/mol. The topological polar surface area (TPSA) is 102 Å². The third-order valence-electron chi connectivity index (χ3n) is 3.95. The fourth-order valence-corrected chi connectivity index (χ4v) is 2.58. The number of rotatable bonds is 5. The summed E-state index contributed by atoms with van der Waals surface area (Å²) in [5, 5.41) is 19.7.